The molecule has 0 N–H and O–H groups in total. The van der Waals surface area contributed by atoms with Gasteiger partial charge in [-0.2, -0.15) is 0 Å². The van der Waals surface area contributed by atoms with E-state index in [1.54, 1.807) is 19.2 Å². The maximum Gasteiger partial charge on any atom is 0.312 e. The van der Waals surface area contributed by atoms with Gasteiger partial charge < -0.3 is 23.7 Å². The van der Waals surface area contributed by atoms with Crippen molar-refractivity contribution in [3.8, 4) is 28.7 Å². The SMILES string of the molecule is COc1cc([C@H]2CC(=O)Oc3ccc4c(c32)OC2(CCCCC2)CC4=O)cc2c1OCCO2. The summed E-state index contributed by atoms with van der Waals surface area (Å²) in [7, 11) is 1.58. The van der Waals surface area contributed by atoms with E-state index in [0.29, 0.717) is 53.9 Å². The first-order chi connectivity index (χ1) is 16.1. The molecular weight excluding hydrogens is 424 g/mol. The van der Waals surface area contributed by atoms with Gasteiger partial charge in [-0.1, -0.05) is 6.42 Å². The standard InChI is InChI=1S/C26H26O7/c1-29-20-11-15(12-21-25(20)31-10-9-30-21)17-13-22(28)32-19-6-5-16-18(27)14-26(7-3-2-4-8-26)33-24(16)23(17)19/h5-6,11-12,17H,2-4,7-10,13-14H2,1H3/t17-/m1/s1. The predicted octanol–water partition coefficient (Wildman–Crippen LogP) is 4.58. The molecule has 7 nitrogen and oxygen atoms in total. The van der Waals surface area contributed by atoms with Crippen LogP contribution in [0.3, 0.4) is 0 Å². The topological polar surface area (TPSA) is 80.3 Å². The van der Waals surface area contributed by atoms with Gasteiger partial charge in [-0.25, -0.2) is 0 Å². The molecule has 4 aliphatic rings. The number of ether oxygens (including phenoxy) is 5. The Hall–Kier alpha value is -3.22. The van der Waals surface area contributed by atoms with Crippen LogP contribution in [0.15, 0.2) is 24.3 Å². The molecule has 7 heteroatoms. The van der Waals surface area contributed by atoms with E-state index in [0.717, 1.165) is 43.2 Å². The summed E-state index contributed by atoms with van der Waals surface area (Å²) in [4.78, 5) is 25.8. The second-order valence-electron chi connectivity index (χ2n) is 9.28. The smallest absolute Gasteiger partial charge is 0.312 e. The molecule has 3 heterocycles. The number of Topliss-reactive ketones (excluding diaryl/α,β-unsaturated/α-hetero) is 1. The molecule has 3 aliphatic heterocycles. The molecule has 6 rings (SSSR count). The van der Waals surface area contributed by atoms with Crippen molar-refractivity contribution in [3.63, 3.8) is 0 Å². The molecule has 0 saturated heterocycles. The first-order valence-electron chi connectivity index (χ1n) is 11.6. The summed E-state index contributed by atoms with van der Waals surface area (Å²) < 4.78 is 29.4. The molecule has 1 saturated carbocycles. The number of methoxy groups -OCH3 is 1. The lowest BCUT2D eigenvalue weighted by Gasteiger charge is -2.42. The zero-order valence-corrected chi connectivity index (χ0v) is 18.6. The molecule has 0 radical (unpaired) electrons. The third-order valence-corrected chi connectivity index (χ3v) is 7.22. The summed E-state index contributed by atoms with van der Waals surface area (Å²) >= 11 is 0. The Balaban J connectivity index is 1.51. The lowest BCUT2D eigenvalue weighted by molar-refractivity contribution is -0.135. The van der Waals surface area contributed by atoms with Crippen LogP contribution in [0.1, 0.15) is 72.3 Å². The molecule has 0 bridgehead atoms. The molecule has 0 amide bonds. The van der Waals surface area contributed by atoms with Crippen molar-refractivity contribution in [2.75, 3.05) is 20.3 Å². The predicted molar refractivity (Wildman–Crippen MR) is 118 cm³/mol. The number of carbonyl (C=O) groups excluding carboxylic acids is 2. The van der Waals surface area contributed by atoms with E-state index in [2.05, 4.69) is 0 Å². The zero-order valence-electron chi connectivity index (χ0n) is 18.6. The minimum Gasteiger partial charge on any atom is -0.493 e. The highest BCUT2D eigenvalue weighted by atomic mass is 16.6. The Labute approximate surface area is 191 Å². The minimum atomic E-state index is -0.464. The summed E-state index contributed by atoms with van der Waals surface area (Å²) in [6.07, 6.45) is 5.54. The third kappa shape index (κ3) is 3.33. The molecule has 1 fully saturated rings. The molecule has 2 aromatic carbocycles. The molecular formula is C26H26O7. The van der Waals surface area contributed by atoms with E-state index < -0.39 is 5.60 Å². The second-order valence-corrected chi connectivity index (χ2v) is 9.28. The maximum atomic E-state index is 13.2. The van der Waals surface area contributed by atoms with E-state index in [4.69, 9.17) is 23.7 Å². The van der Waals surface area contributed by atoms with Crippen LogP contribution < -0.4 is 23.7 Å². The number of hydrogen-bond acceptors (Lipinski definition) is 7. The van der Waals surface area contributed by atoms with E-state index in [9.17, 15) is 9.59 Å². The maximum absolute atomic E-state index is 13.2. The highest BCUT2D eigenvalue weighted by molar-refractivity contribution is 6.01. The summed E-state index contributed by atoms with van der Waals surface area (Å²) in [6, 6.07) is 7.21. The summed E-state index contributed by atoms with van der Waals surface area (Å²) in [5, 5.41) is 0. The second kappa shape index (κ2) is 7.68. The van der Waals surface area contributed by atoms with Gasteiger partial charge in [-0.3, -0.25) is 9.59 Å². The Bertz CT molecular complexity index is 1130. The van der Waals surface area contributed by atoms with Crippen LogP contribution in [-0.2, 0) is 4.79 Å². The molecule has 0 unspecified atom stereocenters. The van der Waals surface area contributed by atoms with Gasteiger partial charge in [-0.15, -0.1) is 0 Å². The van der Waals surface area contributed by atoms with E-state index >= 15 is 0 Å². The van der Waals surface area contributed by atoms with Crippen molar-refractivity contribution >= 4 is 11.8 Å². The Morgan fingerprint density at radius 2 is 1.79 bits per heavy atom. The minimum absolute atomic E-state index is 0.0938. The van der Waals surface area contributed by atoms with Crippen LogP contribution in [0.25, 0.3) is 0 Å². The molecule has 33 heavy (non-hydrogen) atoms. The molecule has 1 aliphatic carbocycles. The molecule has 1 spiro atoms. The van der Waals surface area contributed by atoms with Crippen molar-refractivity contribution in [2.45, 2.75) is 56.5 Å². The van der Waals surface area contributed by atoms with Gasteiger partial charge in [0.25, 0.3) is 0 Å². The van der Waals surface area contributed by atoms with Crippen molar-refractivity contribution in [3.05, 3.63) is 41.0 Å². The number of hydrogen-bond donors (Lipinski definition) is 0. The lowest BCUT2D eigenvalue weighted by Crippen LogP contribution is -2.44. The number of esters is 1. The van der Waals surface area contributed by atoms with Gasteiger partial charge in [0.2, 0.25) is 5.75 Å². The normalized spacial score (nSPS) is 22.6. The highest BCUT2D eigenvalue weighted by Crippen LogP contribution is 2.52. The van der Waals surface area contributed by atoms with Crippen LogP contribution in [0.5, 0.6) is 28.7 Å². The zero-order chi connectivity index (χ0) is 22.6. The number of carbonyl (C=O) groups is 2. The van der Waals surface area contributed by atoms with Gasteiger partial charge in [0.1, 0.15) is 30.3 Å². The summed E-state index contributed by atoms with van der Waals surface area (Å²) in [5.41, 5.74) is 1.69. The third-order valence-electron chi connectivity index (χ3n) is 7.22. The molecule has 2 aromatic rings. The fourth-order valence-corrected chi connectivity index (χ4v) is 5.66. The van der Waals surface area contributed by atoms with Crippen LogP contribution in [-0.4, -0.2) is 37.7 Å². The monoisotopic (exact) mass is 450 g/mol. The van der Waals surface area contributed by atoms with Crippen LogP contribution in [0, 0.1) is 0 Å². The van der Waals surface area contributed by atoms with Gasteiger partial charge in [-0.05, 0) is 55.5 Å². The number of benzene rings is 2. The fraction of sp³-hybridized carbons (Fsp3) is 0.462. The first-order valence-corrected chi connectivity index (χ1v) is 11.6. The number of ketones is 1. The van der Waals surface area contributed by atoms with Gasteiger partial charge in [0, 0.05) is 11.5 Å². The molecule has 0 aromatic heterocycles. The van der Waals surface area contributed by atoms with Gasteiger partial charge in [0.05, 0.1) is 25.5 Å². The van der Waals surface area contributed by atoms with Crippen molar-refractivity contribution in [1.82, 2.24) is 0 Å². The van der Waals surface area contributed by atoms with Crippen LogP contribution in [0.2, 0.25) is 0 Å². The average molecular weight is 450 g/mol. The van der Waals surface area contributed by atoms with Crippen LogP contribution in [0.4, 0.5) is 0 Å². The largest absolute Gasteiger partial charge is 0.493 e. The van der Waals surface area contributed by atoms with E-state index in [-0.39, 0.29) is 24.1 Å². The van der Waals surface area contributed by atoms with Crippen LogP contribution >= 0.6 is 0 Å². The molecule has 172 valence electrons. The fourth-order valence-electron chi connectivity index (χ4n) is 5.66. The quantitative estimate of drug-likeness (QED) is 0.490. The number of rotatable bonds is 2. The number of fused-ring (bicyclic) bond motifs is 4. The average Bonchev–Trinajstić information content (AvgIpc) is 2.83. The highest BCUT2D eigenvalue weighted by Gasteiger charge is 2.45. The van der Waals surface area contributed by atoms with Gasteiger partial charge in [0.15, 0.2) is 17.3 Å². The summed E-state index contributed by atoms with van der Waals surface area (Å²) in [5.74, 6) is 2.13. The van der Waals surface area contributed by atoms with Crippen molar-refractivity contribution < 1.29 is 33.3 Å². The van der Waals surface area contributed by atoms with Crippen molar-refractivity contribution in [1.29, 1.82) is 0 Å². The first kappa shape index (κ1) is 20.4. The van der Waals surface area contributed by atoms with E-state index in [1.165, 1.54) is 0 Å². The summed E-state index contributed by atoms with van der Waals surface area (Å²) in [6.45, 7) is 0.894. The Morgan fingerprint density at radius 3 is 2.61 bits per heavy atom. The lowest BCUT2D eigenvalue weighted by atomic mass is 9.76. The van der Waals surface area contributed by atoms with E-state index in [1.807, 2.05) is 12.1 Å². The Morgan fingerprint density at radius 1 is 0.970 bits per heavy atom. The van der Waals surface area contributed by atoms with Gasteiger partial charge >= 0.3 is 5.97 Å². The molecule has 1 atom stereocenters. The Kier molecular flexibility index (Phi) is 4.75. The van der Waals surface area contributed by atoms with Crippen molar-refractivity contribution in [2.24, 2.45) is 0 Å².